The van der Waals surface area contributed by atoms with Gasteiger partial charge >= 0.3 is 12.0 Å². The fraction of sp³-hybridized carbons (Fsp3) is 0.833. The normalized spacial score (nSPS) is 24.2. The van der Waals surface area contributed by atoms with Gasteiger partial charge in [0.25, 0.3) is 0 Å². The van der Waals surface area contributed by atoms with Crippen molar-refractivity contribution in [1.29, 1.82) is 0 Å². The largest absolute Gasteiger partial charge is 0.480 e. The zero-order valence-corrected chi connectivity index (χ0v) is 10.7. The summed E-state index contributed by atoms with van der Waals surface area (Å²) in [5.41, 5.74) is 0. The minimum absolute atomic E-state index is 0.121. The molecule has 1 rings (SSSR count). The molecule has 1 fully saturated rings. The summed E-state index contributed by atoms with van der Waals surface area (Å²) in [6, 6.07) is -0.954. The third kappa shape index (κ3) is 4.24. The maximum atomic E-state index is 11.6. The Morgan fingerprint density at radius 3 is 2.53 bits per heavy atom. The second-order valence-corrected chi connectivity index (χ2v) is 5.07. The van der Waals surface area contributed by atoms with Crippen molar-refractivity contribution in [1.82, 2.24) is 10.6 Å². The molecule has 1 aliphatic rings. The predicted molar refractivity (Wildman–Crippen MR) is 64.7 cm³/mol. The van der Waals surface area contributed by atoms with E-state index in [1.165, 1.54) is 0 Å². The quantitative estimate of drug-likeness (QED) is 0.661. The molecule has 0 aromatic rings. The number of rotatable bonds is 6. The summed E-state index contributed by atoms with van der Waals surface area (Å²) in [7, 11) is 0. The van der Waals surface area contributed by atoms with E-state index in [1.54, 1.807) is 13.8 Å². The molecule has 2 unspecified atom stereocenters. The van der Waals surface area contributed by atoms with Gasteiger partial charge in [-0.3, -0.25) is 0 Å². The highest BCUT2D eigenvalue weighted by atomic mass is 16.4. The van der Waals surface area contributed by atoms with E-state index in [0.29, 0.717) is 5.92 Å². The lowest BCUT2D eigenvalue weighted by Gasteiger charge is -2.18. The standard InChI is InChI=1S/C12H22N2O3/c1-4-5-8-6-9(8)13-12(17)14-10(7(2)3)11(15)16/h7-10H,4-6H2,1-3H3,(H,15,16)(H2,13,14,17)/t8?,9?,10-/m0/s1. The number of carbonyl (C=O) groups excluding carboxylic acids is 1. The van der Waals surface area contributed by atoms with Gasteiger partial charge in [-0.2, -0.15) is 0 Å². The molecule has 0 saturated heterocycles. The first-order valence-electron chi connectivity index (χ1n) is 6.25. The first-order valence-corrected chi connectivity index (χ1v) is 6.25. The molecule has 0 aromatic heterocycles. The first kappa shape index (κ1) is 13.8. The van der Waals surface area contributed by atoms with Crippen molar-refractivity contribution in [3.63, 3.8) is 0 Å². The Morgan fingerprint density at radius 2 is 2.06 bits per heavy atom. The second-order valence-electron chi connectivity index (χ2n) is 5.07. The van der Waals surface area contributed by atoms with Crippen molar-refractivity contribution in [2.24, 2.45) is 11.8 Å². The average Bonchev–Trinajstić information content (AvgIpc) is 2.92. The van der Waals surface area contributed by atoms with Gasteiger partial charge in [-0.1, -0.05) is 27.2 Å². The summed E-state index contributed by atoms with van der Waals surface area (Å²) in [6.45, 7) is 5.67. The van der Waals surface area contributed by atoms with E-state index in [0.717, 1.165) is 19.3 Å². The Balaban J connectivity index is 2.32. The van der Waals surface area contributed by atoms with E-state index in [1.807, 2.05) is 0 Å². The first-order chi connectivity index (χ1) is 7.95. The van der Waals surface area contributed by atoms with Gasteiger partial charge < -0.3 is 15.7 Å². The third-order valence-corrected chi connectivity index (χ3v) is 3.12. The van der Waals surface area contributed by atoms with E-state index in [-0.39, 0.29) is 18.0 Å². The molecule has 1 aliphatic carbocycles. The Bertz CT molecular complexity index is 291. The van der Waals surface area contributed by atoms with E-state index in [4.69, 9.17) is 5.11 Å². The summed E-state index contributed by atoms with van der Waals surface area (Å²) in [5, 5.41) is 14.3. The van der Waals surface area contributed by atoms with Crippen molar-refractivity contribution in [2.45, 2.75) is 52.1 Å². The fourth-order valence-corrected chi connectivity index (χ4v) is 1.98. The van der Waals surface area contributed by atoms with Gasteiger partial charge in [0.05, 0.1) is 0 Å². The lowest BCUT2D eigenvalue weighted by molar-refractivity contribution is -0.140. The molecule has 5 heteroatoms. The minimum Gasteiger partial charge on any atom is -0.480 e. The zero-order chi connectivity index (χ0) is 13.0. The number of carboxylic acids is 1. The van der Waals surface area contributed by atoms with Gasteiger partial charge in [0.1, 0.15) is 6.04 Å². The lowest BCUT2D eigenvalue weighted by atomic mass is 10.1. The molecule has 0 aliphatic heterocycles. The molecule has 17 heavy (non-hydrogen) atoms. The van der Waals surface area contributed by atoms with Gasteiger partial charge in [-0.25, -0.2) is 9.59 Å². The Kier molecular flexibility index (Phi) is 4.78. The van der Waals surface area contributed by atoms with Crippen LogP contribution < -0.4 is 10.6 Å². The number of urea groups is 1. The number of hydrogen-bond donors (Lipinski definition) is 3. The van der Waals surface area contributed by atoms with Crippen LogP contribution in [-0.2, 0) is 4.79 Å². The minimum atomic E-state index is -0.990. The number of nitrogens with one attached hydrogen (secondary N) is 2. The lowest BCUT2D eigenvalue weighted by Crippen LogP contribution is -2.49. The molecule has 0 heterocycles. The maximum Gasteiger partial charge on any atom is 0.326 e. The summed E-state index contributed by atoms with van der Waals surface area (Å²) in [5.74, 6) is -0.534. The van der Waals surface area contributed by atoms with Gasteiger partial charge in [0.15, 0.2) is 0 Å². The monoisotopic (exact) mass is 242 g/mol. The molecule has 2 amide bonds. The fourth-order valence-electron chi connectivity index (χ4n) is 1.98. The van der Waals surface area contributed by atoms with Crippen LogP contribution in [0.15, 0.2) is 0 Å². The average molecular weight is 242 g/mol. The van der Waals surface area contributed by atoms with Crippen LogP contribution in [0, 0.1) is 11.8 Å². The summed E-state index contributed by atoms with van der Waals surface area (Å²) < 4.78 is 0. The number of carbonyl (C=O) groups is 2. The SMILES string of the molecule is CCCC1CC1NC(=O)N[C@H](C(=O)O)C(C)C. The van der Waals surface area contributed by atoms with Gasteiger partial charge in [-0.05, 0) is 24.7 Å². The molecule has 0 aromatic carbocycles. The Labute approximate surface area is 102 Å². The van der Waals surface area contributed by atoms with E-state index < -0.39 is 12.0 Å². The molecule has 3 atom stereocenters. The predicted octanol–water partition coefficient (Wildman–Crippen LogP) is 1.58. The van der Waals surface area contributed by atoms with Crippen LogP contribution in [0.4, 0.5) is 4.79 Å². The van der Waals surface area contributed by atoms with Crippen LogP contribution in [0.1, 0.15) is 40.0 Å². The molecule has 1 saturated carbocycles. The Morgan fingerprint density at radius 1 is 1.41 bits per heavy atom. The molecule has 0 bridgehead atoms. The molecular weight excluding hydrogens is 220 g/mol. The van der Waals surface area contributed by atoms with Crippen LogP contribution in [0.25, 0.3) is 0 Å². The summed E-state index contributed by atoms with van der Waals surface area (Å²) >= 11 is 0. The highest BCUT2D eigenvalue weighted by Gasteiger charge is 2.37. The van der Waals surface area contributed by atoms with Crippen molar-refractivity contribution in [3.05, 3.63) is 0 Å². The van der Waals surface area contributed by atoms with Gasteiger partial charge in [0.2, 0.25) is 0 Å². The van der Waals surface area contributed by atoms with Crippen molar-refractivity contribution in [2.75, 3.05) is 0 Å². The smallest absolute Gasteiger partial charge is 0.326 e. The van der Waals surface area contributed by atoms with Crippen LogP contribution in [0.2, 0.25) is 0 Å². The highest BCUT2D eigenvalue weighted by molar-refractivity contribution is 5.83. The molecule has 5 nitrogen and oxygen atoms in total. The number of carboxylic acid groups (broad SMARTS) is 1. The second kappa shape index (κ2) is 5.89. The van der Waals surface area contributed by atoms with E-state index in [2.05, 4.69) is 17.6 Å². The number of amides is 2. The van der Waals surface area contributed by atoms with Crippen molar-refractivity contribution in [3.8, 4) is 0 Å². The third-order valence-electron chi connectivity index (χ3n) is 3.12. The van der Waals surface area contributed by atoms with Gasteiger partial charge in [0, 0.05) is 6.04 Å². The molecule has 3 N–H and O–H groups in total. The molecular formula is C12H22N2O3. The topological polar surface area (TPSA) is 78.4 Å². The van der Waals surface area contributed by atoms with E-state index in [9.17, 15) is 9.59 Å². The number of aliphatic carboxylic acids is 1. The van der Waals surface area contributed by atoms with Crippen LogP contribution in [0.5, 0.6) is 0 Å². The van der Waals surface area contributed by atoms with Gasteiger partial charge in [-0.15, -0.1) is 0 Å². The molecule has 0 radical (unpaired) electrons. The van der Waals surface area contributed by atoms with Crippen LogP contribution in [0.3, 0.4) is 0 Å². The molecule has 98 valence electrons. The molecule has 0 spiro atoms. The maximum absolute atomic E-state index is 11.6. The number of hydrogen-bond acceptors (Lipinski definition) is 2. The van der Waals surface area contributed by atoms with Crippen molar-refractivity contribution < 1.29 is 14.7 Å². The van der Waals surface area contributed by atoms with Crippen LogP contribution in [-0.4, -0.2) is 29.2 Å². The Hall–Kier alpha value is -1.26. The summed E-state index contributed by atoms with van der Waals surface area (Å²) in [4.78, 5) is 22.5. The van der Waals surface area contributed by atoms with Crippen molar-refractivity contribution >= 4 is 12.0 Å². The highest BCUT2D eigenvalue weighted by Crippen LogP contribution is 2.34. The summed E-state index contributed by atoms with van der Waals surface area (Å²) in [6.07, 6.45) is 3.26. The van der Waals surface area contributed by atoms with Crippen LogP contribution >= 0.6 is 0 Å². The zero-order valence-electron chi connectivity index (χ0n) is 10.7. The van der Waals surface area contributed by atoms with E-state index >= 15 is 0 Å².